The van der Waals surface area contributed by atoms with E-state index in [1.807, 2.05) is 0 Å². The molecule has 3 rings (SSSR count). The van der Waals surface area contributed by atoms with E-state index in [0.717, 1.165) is 24.7 Å². The number of carbonyl (C=O) groups excluding carboxylic acids is 1. The second-order valence-electron chi connectivity index (χ2n) is 7.26. The molecule has 2 N–H and O–H groups in total. The Morgan fingerprint density at radius 2 is 1.81 bits per heavy atom. The lowest BCUT2D eigenvalue weighted by Crippen LogP contribution is -2.32. The summed E-state index contributed by atoms with van der Waals surface area (Å²) in [5.41, 5.74) is 2.77. The van der Waals surface area contributed by atoms with Crippen LogP contribution in [0.25, 0.3) is 0 Å². The Labute approximate surface area is 160 Å². The number of hydrogen-bond donors (Lipinski definition) is 2. The lowest BCUT2D eigenvalue weighted by atomic mass is 9.99. The van der Waals surface area contributed by atoms with Gasteiger partial charge in [-0.1, -0.05) is 25.1 Å². The number of halogens is 1. The van der Waals surface area contributed by atoms with Gasteiger partial charge < -0.3 is 15.5 Å². The van der Waals surface area contributed by atoms with E-state index in [9.17, 15) is 9.18 Å². The van der Waals surface area contributed by atoms with Crippen molar-refractivity contribution in [3.05, 3.63) is 59.9 Å². The minimum absolute atomic E-state index is 0.0928. The number of anilines is 2. The molecule has 0 atom stereocenters. The van der Waals surface area contributed by atoms with E-state index in [2.05, 4.69) is 46.7 Å². The molecule has 0 aliphatic carbocycles. The Morgan fingerprint density at radius 1 is 1.11 bits per heavy atom. The molecule has 1 aliphatic heterocycles. The highest BCUT2D eigenvalue weighted by atomic mass is 19.1. The molecule has 2 aromatic rings. The summed E-state index contributed by atoms with van der Waals surface area (Å²) in [5, 5.41) is 6.02. The Hall–Kier alpha value is -2.56. The molecule has 4 nitrogen and oxygen atoms in total. The van der Waals surface area contributed by atoms with Gasteiger partial charge in [0.25, 0.3) is 0 Å². The number of hydrogen-bond acceptors (Lipinski definition) is 3. The molecule has 0 saturated carbocycles. The van der Waals surface area contributed by atoms with Gasteiger partial charge in [-0.15, -0.1) is 0 Å². The van der Waals surface area contributed by atoms with Crippen LogP contribution in [0.2, 0.25) is 0 Å². The summed E-state index contributed by atoms with van der Waals surface area (Å²) in [6.07, 6.45) is 2.85. The third-order valence-electron chi connectivity index (χ3n) is 5.13. The average Bonchev–Trinajstić information content (AvgIpc) is 2.69. The fraction of sp³-hybridized carbons (Fsp3) is 0.409. The van der Waals surface area contributed by atoms with Gasteiger partial charge in [-0.25, -0.2) is 4.39 Å². The number of amides is 1. The SMILES string of the molecule is CC1CCN(c2ccc(NCCC(=O)NCc3ccccc3F)cc2)CC1. The minimum Gasteiger partial charge on any atom is -0.385 e. The van der Waals surface area contributed by atoms with Crippen molar-refractivity contribution >= 4 is 17.3 Å². The van der Waals surface area contributed by atoms with Crippen LogP contribution in [0, 0.1) is 11.7 Å². The molecule has 0 aromatic heterocycles. The van der Waals surface area contributed by atoms with E-state index < -0.39 is 0 Å². The molecule has 0 spiro atoms. The van der Waals surface area contributed by atoms with E-state index in [1.165, 1.54) is 24.6 Å². The van der Waals surface area contributed by atoms with Gasteiger partial charge >= 0.3 is 0 Å². The summed E-state index contributed by atoms with van der Waals surface area (Å²) in [6.45, 7) is 5.32. The zero-order chi connectivity index (χ0) is 19.1. The van der Waals surface area contributed by atoms with Crippen molar-refractivity contribution in [2.24, 2.45) is 5.92 Å². The van der Waals surface area contributed by atoms with Crippen molar-refractivity contribution in [2.45, 2.75) is 32.7 Å². The molecule has 1 saturated heterocycles. The normalized spacial score (nSPS) is 14.8. The van der Waals surface area contributed by atoms with Gasteiger partial charge in [0.15, 0.2) is 0 Å². The predicted octanol–water partition coefficient (Wildman–Crippen LogP) is 4.18. The smallest absolute Gasteiger partial charge is 0.222 e. The van der Waals surface area contributed by atoms with Crippen LogP contribution < -0.4 is 15.5 Å². The van der Waals surface area contributed by atoms with E-state index in [0.29, 0.717) is 18.5 Å². The molecule has 27 heavy (non-hydrogen) atoms. The molecule has 144 valence electrons. The molecule has 1 heterocycles. The van der Waals surface area contributed by atoms with Crippen LogP contribution in [0.1, 0.15) is 31.7 Å². The average molecular weight is 369 g/mol. The summed E-state index contributed by atoms with van der Waals surface area (Å²) < 4.78 is 13.5. The maximum Gasteiger partial charge on any atom is 0.222 e. The van der Waals surface area contributed by atoms with Gasteiger partial charge in [-0.2, -0.15) is 0 Å². The van der Waals surface area contributed by atoms with Gasteiger partial charge in [0.1, 0.15) is 5.82 Å². The number of benzene rings is 2. The first-order valence-corrected chi connectivity index (χ1v) is 9.71. The topological polar surface area (TPSA) is 44.4 Å². The molecule has 0 unspecified atom stereocenters. The Morgan fingerprint density at radius 3 is 2.52 bits per heavy atom. The summed E-state index contributed by atoms with van der Waals surface area (Å²) in [6, 6.07) is 14.9. The third-order valence-corrected chi connectivity index (χ3v) is 5.13. The first-order valence-electron chi connectivity index (χ1n) is 9.71. The van der Waals surface area contributed by atoms with E-state index in [1.54, 1.807) is 18.2 Å². The van der Waals surface area contributed by atoms with Gasteiger partial charge in [-0.3, -0.25) is 4.79 Å². The van der Waals surface area contributed by atoms with Crippen molar-refractivity contribution in [1.29, 1.82) is 0 Å². The Balaban J connectivity index is 1.38. The van der Waals surface area contributed by atoms with Gasteiger partial charge in [-0.05, 0) is 49.1 Å². The van der Waals surface area contributed by atoms with E-state index >= 15 is 0 Å². The van der Waals surface area contributed by atoms with Crippen LogP contribution in [-0.2, 0) is 11.3 Å². The second kappa shape index (κ2) is 9.40. The quantitative estimate of drug-likeness (QED) is 0.769. The van der Waals surface area contributed by atoms with Crippen LogP contribution in [0.5, 0.6) is 0 Å². The molecule has 5 heteroatoms. The summed E-state index contributed by atoms with van der Waals surface area (Å²) in [5.74, 6) is 0.440. The minimum atomic E-state index is -0.292. The molecule has 2 aromatic carbocycles. The van der Waals surface area contributed by atoms with Crippen LogP contribution in [-0.4, -0.2) is 25.5 Å². The molecule has 1 fully saturated rings. The van der Waals surface area contributed by atoms with Gasteiger partial charge in [0.05, 0.1) is 0 Å². The number of rotatable bonds is 7. The molecular weight excluding hydrogens is 341 g/mol. The lowest BCUT2D eigenvalue weighted by Gasteiger charge is -2.32. The molecule has 1 amide bonds. The Kier molecular flexibility index (Phi) is 6.69. The van der Waals surface area contributed by atoms with Crippen LogP contribution in [0.3, 0.4) is 0 Å². The van der Waals surface area contributed by atoms with Crippen molar-refractivity contribution in [2.75, 3.05) is 29.9 Å². The highest BCUT2D eigenvalue weighted by Crippen LogP contribution is 2.24. The number of piperidine rings is 1. The highest BCUT2D eigenvalue weighted by molar-refractivity contribution is 5.76. The molecular formula is C22H28FN3O. The number of carbonyl (C=O) groups is 1. The van der Waals surface area contributed by atoms with Gasteiger partial charge in [0, 0.05) is 49.5 Å². The maximum atomic E-state index is 13.5. The van der Waals surface area contributed by atoms with Crippen LogP contribution in [0.15, 0.2) is 48.5 Å². The molecule has 0 bridgehead atoms. The Bertz CT molecular complexity index is 739. The monoisotopic (exact) mass is 369 g/mol. The first kappa shape index (κ1) is 19.2. The lowest BCUT2D eigenvalue weighted by molar-refractivity contribution is -0.121. The largest absolute Gasteiger partial charge is 0.385 e. The number of nitrogens with one attached hydrogen (secondary N) is 2. The summed E-state index contributed by atoms with van der Waals surface area (Å²) in [4.78, 5) is 14.4. The van der Waals surface area contributed by atoms with E-state index in [-0.39, 0.29) is 18.3 Å². The third kappa shape index (κ3) is 5.71. The maximum absolute atomic E-state index is 13.5. The van der Waals surface area contributed by atoms with Gasteiger partial charge in [0.2, 0.25) is 5.91 Å². The van der Waals surface area contributed by atoms with Crippen molar-refractivity contribution < 1.29 is 9.18 Å². The van der Waals surface area contributed by atoms with Crippen molar-refractivity contribution in [3.8, 4) is 0 Å². The fourth-order valence-corrected chi connectivity index (χ4v) is 3.30. The zero-order valence-corrected chi connectivity index (χ0v) is 15.9. The van der Waals surface area contributed by atoms with Crippen molar-refractivity contribution in [3.63, 3.8) is 0 Å². The summed E-state index contributed by atoms with van der Waals surface area (Å²) >= 11 is 0. The van der Waals surface area contributed by atoms with E-state index in [4.69, 9.17) is 0 Å². The first-order chi connectivity index (χ1) is 13.1. The highest BCUT2D eigenvalue weighted by Gasteiger charge is 2.15. The predicted molar refractivity (Wildman–Crippen MR) is 108 cm³/mol. The standard InChI is InChI=1S/C22H28FN3O/c1-17-11-14-26(15-12-17)20-8-6-19(7-9-20)24-13-10-22(27)25-16-18-4-2-3-5-21(18)23/h2-9,17,24H,10-16H2,1H3,(H,25,27). The van der Waals surface area contributed by atoms with Crippen LogP contribution >= 0.6 is 0 Å². The second-order valence-corrected chi connectivity index (χ2v) is 7.26. The summed E-state index contributed by atoms with van der Waals surface area (Å²) in [7, 11) is 0. The fourth-order valence-electron chi connectivity index (χ4n) is 3.30. The number of nitrogens with zero attached hydrogens (tertiary/aromatic N) is 1. The van der Waals surface area contributed by atoms with Crippen LogP contribution in [0.4, 0.5) is 15.8 Å². The van der Waals surface area contributed by atoms with Crippen molar-refractivity contribution in [1.82, 2.24) is 5.32 Å². The zero-order valence-electron chi connectivity index (χ0n) is 15.9. The molecule has 0 radical (unpaired) electrons. The molecule has 1 aliphatic rings.